The number of aromatic nitrogens is 1. The molecular formula is C23H18ClN3O4S2. The molecule has 0 radical (unpaired) electrons. The topological polar surface area (TPSA) is 88.6 Å². The summed E-state index contributed by atoms with van der Waals surface area (Å²) < 4.78 is 33.9. The predicted octanol–water partition coefficient (Wildman–Crippen LogP) is 4.96. The number of sulfonamides is 1. The minimum atomic E-state index is -3.77. The van der Waals surface area contributed by atoms with Gasteiger partial charge in [-0.2, -0.15) is 0 Å². The molecule has 1 aliphatic heterocycles. The third-order valence-electron chi connectivity index (χ3n) is 5.45. The fourth-order valence-corrected chi connectivity index (χ4v) is 6.42. The molecule has 0 spiro atoms. The van der Waals surface area contributed by atoms with Crippen molar-refractivity contribution in [1.82, 2.24) is 4.98 Å². The number of methoxy groups -OCH3 is 1. The van der Waals surface area contributed by atoms with Crippen LogP contribution in [0.15, 0.2) is 65.6 Å². The number of carbonyl (C=O) groups excluding carboxylic acids is 1. The highest BCUT2D eigenvalue weighted by molar-refractivity contribution is 7.92. The molecule has 33 heavy (non-hydrogen) atoms. The number of fused-ring (bicyclic) bond motifs is 2. The van der Waals surface area contributed by atoms with Crippen molar-refractivity contribution in [3.05, 3.63) is 76.8 Å². The normalized spacial score (nSPS) is 13.2. The van der Waals surface area contributed by atoms with E-state index >= 15 is 0 Å². The molecule has 0 unspecified atom stereocenters. The number of halogens is 1. The maximum atomic E-state index is 13.2. The summed E-state index contributed by atoms with van der Waals surface area (Å²) in [5, 5.41) is 3.78. The fourth-order valence-electron chi connectivity index (χ4n) is 3.77. The maximum Gasteiger partial charge on any atom is 0.264 e. The number of amides is 1. The molecule has 1 aromatic heterocycles. The first-order chi connectivity index (χ1) is 15.9. The molecular weight excluding hydrogens is 482 g/mol. The summed E-state index contributed by atoms with van der Waals surface area (Å²) in [6.07, 6.45) is 0.558. The lowest BCUT2D eigenvalue weighted by molar-refractivity contribution is 0.102. The number of hydrogen-bond acceptors (Lipinski definition) is 6. The zero-order valence-electron chi connectivity index (χ0n) is 17.4. The van der Waals surface area contributed by atoms with Gasteiger partial charge in [-0.15, -0.1) is 0 Å². The molecule has 1 N–H and O–H groups in total. The molecule has 0 fully saturated rings. The van der Waals surface area contributed by atoms with Gasteiger partial charge in [0.25, 0.3) is 15.9 Å². The molecule has 4 aromatic rings. The molecule has 1 aliphatic rings. The Kier molecular flexibility index (Phi) is 5.48. The Labute approximate surface area is 199 Å². The molecule has 0 aliphatic carbocycles. The third-order valence-corrected chi connectivity index (χ3v) is 8.56. The van der Waals surface area contributed by atoms with Crippen molar-refractivity contribution < 1.29 is 17.9 Å². The lowest BCUT2D eigenvalue weighted by Gasteiger charge is -2.19. The molecule has 10 heteroatoms. The van der Waals surface area contributed by atoms with Crippen LogP contribution in [0.4, 0.5) is 10.8 Å². The van der Waals surface area contributed by atoms with Crippen LogP contribution in [0.5, 0.6) is 5.75 Å². The molecule has 1 amide bonds. The van der Waals surface area contributed by atoms with Gasteiger partial charge in [-0.05, 0) is 66.6 Å². The van der Waals surface area contributed by atoms with E-state index in [1.165, 1.54) is 39.9 Å². The maximum absolute atomic E-state index is 13.2. The van der Waals surface area contributed by atoms with Gasteiger partial charge in [-0.1, -0.05) is 29.0 Å². The fraction of sp³-hybridized carbons (Fsp3) is 0.130. The van der Waals surface area contributed by atoms with E-state index in [-0.39, 0.29) is 10.8 Å². The summed E-state index contributed by atoms with van der Waals surface area (Å²) in [6, 6.07) is 16.6. The van der Waals surface area contributed by atoms with Gasteiger partial charge < -0.3 is 4.74 Å². The van der Waals surface area contributed by atoms with Gasteiger partial charge in [-0.3, -0.25) is 14.4 Å². The quantitative estimate of drug-likeness (QED) is 0.419. The second-order valence-corrected chi connectivity index (χ2v) is 10.7. The van der Waals surface area contributed by atoms with Gasteiger partial charge in [0, 0.05) is 17.1 Å². The molecule has 168 valence electrons. The van der Waals surface area contributed by atoms with Crippen molar-refractivity contribution in [2.75, 3.05) is 23.3 Å². The highest BCUT2D eigenvalue weighted by Gasteiger charge is 2.31. The average molecular weight is 500 g/mol. The second-order valence-electron chi connectivity index (χ2n) is 7.40. The second kappa shape index (κ2) is 8.33. The van der Waals surface area contributed by atoms with E-state index in [1.54, 1.807) is 31.4 Å². The molecule has 0 saturated carbocycles. The summed E-state index contributed by atoms with van der Waals surface area (Å²) in [4.78, 5) is 17.2. The summed E-state index contributed by atoms with van der Waals surface area (Å²) in [7, 11) is -2.18. The lowest BCUT2D eigenvalue weighted by Crippen LogP contribution is -2.29. The molecule has 0 bridgehead atoms. The van der Waals surface area contributed by atoms with Gasteiger partial charge in [0.1, 0.15) is 5.75 Å². The molecule has 0 saturated heterocycles. The van der Waals surface area contributed by atoms with E-state index < -0.39 is 10.0 Å². The number of rotatable bonds is 5. The smallest absolute Gasteiger partial charge is 0.264 e. The summed E-state index contributed by atoms with van der Waals surface area (Å²) in [5.74, 6) is 0.340. The summed E-state index contributed by atoms with van der Waals surface area (Å²) in [6.45, 7) is 0.325. The van der Waals surface area contributed by atoms with Crippen LogP contribution in [0.2, 0.25) is 5.02 Å². The Morgan fingerprint density at radius 2 is 1.94 bits per heavy atom. The Bertz CT molecular complexity index is 1480. The van der Waals surface area contributed by atoms with Crippen LogP contribution >= 0.6 is 22.9 Å². The van der Waals surface area contributed by atoms with Crippen LogP contribution in [0.1, 0.15) is 15.9 Å². The number of nitrogens with one attached hydrogen (secondary N) is 1. The van der Waals surface area contributed by atoms with E-state index in [2.05, 4.69) is 10.3 Å². The first-order valence-corrected chi connectivity index (χ1v) is 12.7. The van der Waals surface area contributed by atoms with E-state index in [1.807, 2.05) is 12.1 Å². The van der Waals surface area contributed by atoms with E-state index in [9.17, 15) is 13.2 Å². The largest absolute Gasteiger partial charge is 0.497 e. The van der Waals surface area contributed by atoms with Gasteiger partial charge >= 0.3 is 0 Å². The van der Waals surface area contributed by atoms with Crippen LogP contribution in [0, 0.1) is 0 Å². The van der Waals surface area contributed by atoms with Crippen LogP contribution in [0.25, 0.3) is 10.2 Å². The Morgan fingerprint density at radius 1 is 1.15 bits per heavy atom. The first-order valence-electron chi connectivity index (χ1n) is 10.0. The number of benzene rings is 3. The Balaban J connectivity index is 1.35. The number of anilines is 2. The summed E-state index contributed by atoms with van der Waals surface area (Å²) >= 11 is 7.55. The molecule has 2 heterocycles. The van der Waals surface area contributed by atoms with Crippen LogP contribution in [-0.2, 0) is 16.4 Å². The SMILES string of the molecule is COc1ccc2nc(NC(=O)c3ccc(S(=O)(=O)N4CCc5c(Cl)cccc54)cc3)sc2c1. The molecule has 7 nitrogen and oxygen atoms in total. The number of hydrogen-bond donors (Lipinski definition) is 1. The van der Waals surface area contributed by atoms with Gasteiger partial charge in [-0.25, -0.2) is 13.4 Å². The molecule has 3 aromatic carbocycles. The van der Waals surface area contributed by atoms with Crippen LogP contribution in [-0.4, -0.2) is 33.0 Å². The lowest BCUT2D eigenvalue weighted by atomic mass is 10.2. The van der Waals surface area contributed by atoms with Crippen molar-refractivity contribution in [1.29, 1.82) is 0 Å². The van der Waals surface area contributed by atoms with Crippen molar-refractivity contribution in [3.8, 4) is 5.75 Å². The number of thiazole rings is 1. The van der Waals surface area contributed by atoms with Gasteiger partial charge in [0.15, 0.2) is 5.13 Å². The minimum Gasteiger partial charge on any atom is -0.497 e. The van der Waals surface area contributed by atoms with E-state index in [0.717, 1.165) is 15.8 Å². The number of carbonyl (C=O) groups is 1. The highest BCUT2D eigenvalue weighted by Crippen LogP contribution is 2.37. The Morgan fingerprint density at radius 3 is 2.70 bits per heavy atom. The van der Waals surface area contributed by atoms with Crippen LogP contribution < -0.4 is 14.4 Å². The Hall–Kier alpha value is -3.14. The van der Waals surface area contributed by atoms with Gasteiger partial charge in [0.05, 0.1) is 27.9 Å². The third kappa shape index (κ3) is 3.92. The number of ether oxygens (including phenoxy) is 1. The number of nitrogens with zero attached hydrogens (tertiary/aromatic N) is 2. The van der Waals surface area contributed by atoms with Crippen LogP contribution in [0.3, 0.4) is 0 Å². The van der Waals surface area contributed by atoms with Crippen molar-refractivity contribution in [2.24, 2.45) is 0 Å². The molecule has 0 atom stereocenters. The van der Waals surface area contributed by atoms with Crippen molar-refractivity contribution >= 4 is 59.9 Å². The summed E-state index contributed by atoms with van der Waals surface area (Å²) in [5.41, 5.74) is 2.50. The molecule has 5 rings (SSSR count). The van der Waals surface area contributed by atoms with Crippen molar-refractivity contribution in [2.45, 2.75) is 11.3 Å². The zero-order valence-corrected chi connectivity index (χ0v) is 19.8. The minimum absolute atomic E-state index is 0.110. The standard InChI is InChI=1S/C23H18ClN3O4S2/c1-31-15-7-10-19-21(13-15)32-23(25-19)26-22(28)14-5-8-16(9-6-14)33(29,30)27-12-11-17-18(24)3-2-4-20(17)27/h2-10,13H,11-12H2,1H3,(H,25,26,28). The predicted molar refractivity (Wildman–Crippen MR) is 130 cm³/mol. The van der Waals surface area contributed by atoms with Crippen molar-refractivity contribution in [3.63, 3.8) is 0 Å². The first kappa shape index (κ1) is 21.7. The highest BCUT2D eigenvalue weighted by atomic mass is 35.5. The monoisotopic (exact) mass is 499 g/mol. The zero-order chi connectivity index (χ0) is 23.2. The van der Waals surface area contributed by atoms with E-state index in [0.29, 0.717) is 40.1 Å². The van der Waals surface area contributed by atoms with Gasteiger partial charge in [0.2, 0.25) is 0 Å². The average Bonchev–Trinajstić information content (AvgIpc) is 3.43. The van der Waals surface area contributed by atoms with E-state index in [4.69, 9.17) is 16.3 Å².